The Hall–Kier alpha value is -2.01. The molecule has 0 atom stereocenters. The number of hydrogen-bond acceptors (Lipinski definition) is 3. The highest BCUT2D eigenvalue weighted by Gasteiger charge is 2.11. The molecule has 1 aromatic heterocycles. The predicted octanol–water partition coefficient (Wildman–Crippen LogP) is 3.88. The van der Waals surface area contributed by atoms with Gasteiger partial charge in [-0.25, -0.2) is 5.43 Å². The van der Waals surface area contributed by atoms with E-state index in [1.165, 1.54) is 36.6 Å². The van der Waals surface area contributed by atoms with Crippen LogP contribution in [0.5, 0.6) is 0 Å². The van der Waals surface area contributed by atoms with Crippen molar-refractivity contribution in [1.82, 2.24) is 10.4 Å². The number of amides is 1. The molecule has 0 bridgehead atoms. The van der Waals surface area contributed by atoms with Crippen molar-refractivity contribution in [2.45, 2.75) is 32.6 Å². The lowest BCUT2D eigenvalue weighted by Crippen LogP contribution is -2.19. The van der Waals surface area contributed by atoms with Gasteiger partial charge in [0.2, 0.25) is 0 Å². The number of carbonyl (C=O) groups excluding carboxylic acids is 1. The molecule has 3 rings (SSSR count). The van der Waals surface area contributed by atoms with Crippen molar-refractivity contribution in [3.8, 4) is 0 Å². The summed E-state index contributed by atoms with van der Waals surface area (Å²) in [6, 6.07) is 8.17. The molecule has 1 heterocycles. The van der Waals surface area contributed by atoms with Crippen LogP contribution in [0.1, 0.15) is 46.8 Å². The van der Waals surface area contributed by atoms with Crippen LogP contribution in [0, 0.1) is 0 Å². The second kappa shape index (κ2) is 7.04. The fraction of sp³-hybridized carbons (Fsp3) is 0.278. The Morgan fingerprint density at radius 1 is 1.13 bits per heavy atom. The van der Waals surface area contributed by atoms with E-state index in [0.717, 1.165) is 22.2 Å². The van der Waals surface area contributed by atoms with E-state index in [0.29, 0.717) is 5.56 Å². The summed E-state index contributed by atoms with van der Waals surface area (Å²) in [5.74, 6) is -0.267. The zero-order chi connectivity index (χ0) is 16.2. The minimum Gasteiger partial charge on any atom is -0.267 e. The first kappa shape index (κ1) is 15.9. The maximum atomic E-state index is 12.1. The minimum atomic E-state index is -0.267. The van der Waals surface area contributed by atoms with E-state index >= 15 is 0 Å². The van der Waals surface area contributed by atoms with Gasteiger partial charge in [-0.3, -0.25) is 9.78 Å². The van der Waals surface area contributed by atoms with Crippen LogP contribution in [-0.2, 0) is 12.8 Å². The Morgan fingerprint density at radius 2 is 1.91 bits per heavy atom. The molecule has 2 aromatic rings. The molecule has 0 aliphatic heterocycles. The smallest absolute Gasteiger partial charge is 0.267 e. The zero-order valence-electron chi connectivity index (χ0n) is 13.0. The van der Waals surface area contributed by atoms with Crippen molar-refractivity contribution >= 4 is 27.5 Å². The lowest BCUT2D eigenvalue weighted by atomic mass is 9.90. The van der Waals surface area contributed by atoms with Gasteiger partial charge in [-0.2, -0.15) is 5.10 Å². The second-order valence-electron chi connectivity index (χ2n) is 5.72. The van der Waals surface area contributed by atoms with E-state index in [1.807, 2.05) is 6.92 Å². The average molecular weight is 372 g/mol. The standard InChI is InChI=1S/C18H18BrN3O/c1-12(14-7-6-13-4-2-3-5-15(13)8-14)21-22-18(23)16-9-17(19)11-20-10-16/h6-11H,2-5H2,1H3,(H,22,23)/b21-12+. The number of hydrazone groups is 1. The van der Waals surface area contributed by atoms with Gasteiger partial charge in [0.25, 0.3) is 5.91 Å². The summed E-state index contributed by atoms with van der Waals surface area (Å²) in [6.45, 7) is 1.91. The third-order valence-corrected chi connectivity index (χ3v) is 4.49. The first-order chi connectivity index (χ1) is 11.1. The number of benzene rings is 1. The number of nitrogens with zero attached hydrogens (tertiary/aromatic N) is 2. The van der Waals surface area contributed by atoms with E-state index in [4.69, 9.17) is 0 Å². The van der Waals surface area contributed by atoms with Crippen LogP contribution in [-0.4, -0.2) is 16.6 Å². The fourth-order valence-corrected chi connectivity index (χ4v) is 3.12. The van der Waals surface area contributed by atoms with Gasteiger partial charge in [-0.15, -0.1) is 0 Å². The van der Waals surface area contributed by atoms with Crippen molar-refractivity contribution in [2.24, 2.45) is 5.10 Å². The predicted molar refractivity (Wildman–Crippen MR) is 94.7 cm³/mol. The average Bonchev–Trinajstić information content (AvgIpc) is 2.59. The Morgan fingerprint density at radius 3 is 2.70 bits per heavy atom. The molecule has 0 saturated heterocycles. The van der Waals surface area contributed by atoms with Crippen LogP contribution in [0.25, 0.3) is 0 Å². The topological polar surface area (TPSA) is 54.4 Å². The Balaban J connectivity index is 1.73. The van der Waals surface area contributed by atoms with E-state index in [1.54, 1.807) is 12.3 Å². The lowest BCUT2D eigenvalue weighted by Gasteiger charge is -2.16. The Kier molecular flexibility index (Phi) is 4.86. The first-order valence-corrected chi connectivity index (χ1v) is 8.50. The summed E-state index contributed by atoms with van der Waals surface area (Å²) in [7, 11) is 0. The van der Waals surface area contributed by atoms with Gasteiger partial charge in [0, 0.05) is 16.9 Å². The van der Waals surface area contributed by atoms with Crippen LogP contribution in [0.3, 0.4) is 0 Å². The van der Waals surface area contributed by atoms with Gasteiger partial charge >= 0.3 is 0 Å². The third-order valence-electron chi connectivity index (χ3n) is 4.06. The van der Waals surface area contributed by atoms with Crippen LogP contribution in [0.4, 0.5) is 0 Å². The monoisotopic (exact) mass is 371 g/mol. The second-order valence-corrected chi connectivity index (χ2v) is 6.64. The zero-order valence-corrected chi connectivity index (χ0v) is 14.6. The fourth-order valence-electron chi connectivity index (χ4n) is 2.76. The lowest BCUT2D eigenvalue weighted by molar-refractivity contribution is 0.0954. The van der Waals surface area contributed by atoms with Crippen LogP contribution in [0.15, 0.2) is 46.2 Å². The molecular formula is C18H18BrN3O. The van der Waals surface area contributed by atoms with Gasteiger partial charge in [0.05, 0.1) is 11.3 Å². The van der Waals surface area contributed by atoms with Crippen molar-refractivity contribution in [3.63, 3.8) is 0 Å². The van der Waals surface area contributed by atoms with Gasteiger partial charge in [-0.1, -0.05) is 12.1 Å². The van der Waals surface area contributed by atoms with E-state index < -0.39 is 0 Å². The summed E-state index contributed by atoms with van der Waals surface area (Å²) in [5, 5.41) is 4.22. The van der Waals surface area contributed by atoms with Gasteiger partial charge < -0.3 is 0 Å². The molecule has 0 radical (unpaired) electrons. The van der Waals surface area contributed by atoms with Crippen molar-refractivity contribution in [1.29, 1.82) is 0 Å². The molecule has 5 heteroatoms. The van der Waals surface area contributed by atoms with Crippen LogP contribution >= 0.6 is 15.9 Å². The number of carbonyl (C=O) groups is 1. The summed E-state index contributed by atoms with van der Waals surface area (Å²) >= 11 is 3.30. The molecule has 23 heavy (non-hydrogen) atoms. The Labute approximate surface area is 144 Å². The van der Waals surface area contributed by atoms with Crippen molar-refractivity contribution < 1.29 is 4.79 Å². The van der Waals surface area contributed by atoms with E-state index in [9.17, 15) is 4.79 Å². The first-order valence-electron chi connectivity index (χ1n) is 7.71. The SMILES string of the molecule is C/C(=N\NC(=O)c1cncc(Br)c1)c1ccc2c(c1)CCCC2. The molecule has 1 amide bonds. The quantitative estimate of drug-likeness (QED) is 0.657. The summed E-state index contributed by atoms with van der Waals surface area (Å²) < 4.78 is 0.764. The van der Waals surface area contributed by atoms with Crippen molar-refractivity contribution in [2.75, 3.05) is 0 Å². The number of fused-ring (bicyclic) bond motifs is 1. The molecule has 0 spiro atoms. The molecule has 1 N–H and O–H groups in total. The Bertz CT molecular complexity index is 771. The van der Waals surface area contributed by atoms with Gasteiger partial charge in [0.15, 0.2) is 0 Å². The largest absolute Gasteiger partial charge is 0.272 e. The summed E-state index contributed by atoms with van der Waals surface area (Å²) in [4.78, 5) is 16.1. The molecule has 0 unspecified atom stereocenters. The summed E-state index contributed by atoms with van der Waals surface area (Å²) in [5.41, 5.74) is 7.77. The number of aryl methyl sites for hydroxylation is 2. The van der Waals surface area contributed by atoms with Gasteiger partial charge in [0.1, 0.15) is 0 Å². The van der Waals surface area contributed by atoms with Crippen molar-refractivity contribution in [3.05, 3.63) is 63.4 Å². The van der Waals surface area contributed by atoms with Crippen LogP contribution in [0.2, 0.25) is 0 Å². The van der Waals surface area contributed by atoms with E-state index in [2.05, 4.69) is 49.6 Å². The number of aromatic nitrogens is 1. The molecule has 118 valence electrons. The summed E-state index contributed by atoms with van der Waals surface area (Å²) in [6.07, 6.45) is 7.97. The minimum absolute atomic E-state index is 0.267. The molecule has 1 aliphatic carbocycles. The number of halogens is 1. The third kappa shape index (κ3) is 3.85. The van der Waals surface area contributed by atoms with Gasteiger partial charge in [-0.05, 0) is 77.4 Å². The molecular weight excluding hydrogens is 354 g/mol. The molecule has 1 aromatic carbocycles. The normalized spacial score (nSPS) is 14.3. The molecule has 0 fully saturated rings. The highest BCUT2D eigenvalue weighted by atomic mass is 79.9. The molecule has 0 saturated carbocycles. The molecule has 1 aliphatic rings. The number of nitrogens with one attached hydrogen (secondary N) is 1. The molecule has 4 nitrogen and oxygen atoms in total. The highest BCUT2D eigenvalue weighted by molar-refractivity contribution is 9.10. The van der Waals surface area contributed by atoms with Crippen LogP contribution < -0.4 is 5.43 Å². The highest BCUT2D eigenvalue weighted by Crippen LogP contribution is 2.22. The number of hydrogen-bond donors (Lipinski definition) is 1. The number of pyridine rings is 1. The maximum absolute atomic E-state index is 12.1. The van der Waals surface area contributed by atoms with E-state index in [-0.39, 0.29) is 5.91 Å². The number of rotatable bonds is 3. The maximum Gasteiger partial charge on any atom is 0.272 e.